The van der Waals surface area contributed by atoms with Crippen LogP contribution in [0.5, 0.6) is 0 Å². The number of esters is 1. The average Bonchev–Trinajstić information content (AvgIpc) is 2.96. The van der Waals surface area contributed by atoms with Crippen molar-refractivity contribution in [1.29, 1.82) is 0 Å². The molecule has 0 fully saturated rings. The maximum Gasteiger partial charge on any atom is 0.309 e. The minimum Gasteiger partial charge on any atom is -0.469 e. The smallest absolute Gasteiger partial charge is 0.309 e. The van der Waals surface area contributed by atoms with Gasteiger partial charge in [-0.1, -0.05) is 37.1 Å². The molecule has 1 N–H and O–H groups in total. The van der Waals surface area contributed by atoms with Crippen LogP contribution < -0.4 is 10.9 Å². The number of carbonyl (C=O) groups excluding carboxylic acids is 2. The molecule has 3 heterocycles. The zero-order valence-electron chi connectivity index (χ0n) is 22.6. The Morgan fingerprint density at radius 3 is 2.68 bits per heavy atom. The van der Waals surface area contributed by atoms with E-state index in [1.165, 1.54) is 42.3 Å². The van der Waals surface area contributed by atoms with Crippen LogP contribution in [0, 0.1) is 11.7 Å². The molecule has 0 aliphatic carbocycles. The second-order valence-electron chi connectivity index (χ2n) is 10.1. The largest absolute Gasteiger partial charge is 0.469 e. The fraction of sp³-hybridized carbons (Fsp3) is 0.258. The summed E-state index contributed by atoms with van der Waals surface area (Å²) in [4.78, 5) is 47.4. The van der Waals surface area contributed by atoms with Crippen LogP contribution in [-0.4, -0.2) is 33.5 Å². The summed E-state index contributed by atoms with van der Waals surface area (Å²) in [5.41, 5.74) is 3.42. The minimum absolute atomic E-state index is 0.0733. The maximum absolute atomic E-state index is 14.5. The van der Waals surface area contributed by atoms with Crippen LogP contribution in [0.4, 0.5) is 10.1 Å². The van der Waals surface area contributed by atoms with Gasteiger partial charge in [-0.25, -0.2) is 9.37 Å². The topological polar surface area (TPSA) is 103 Å². The molecular formula is C31H28ClFN4O4. The van der Waals surface area contributed by atoms with E-state index in [2.05, 4.69) is 15.3 Å². The van der Waals surface area contributed by atoms with Crippen LogP contribution in [0.25, 0.3) is 22.4 Å². The highest BCUT2D eigenvalue weighted by Gasteiger charge is 2.23. The highest BCUT2D eigenvalue weighted by Crippen LogP contribution is 2.34. The molecular weight excluding hydrogens is 547 g/mol. The molecule has 210 valence electrons. The number of aromatic nitrogens is 3. The third-order valence-corrected chi connectivity index (χ3v) is 7.52. The Balaban J connectivity index is 1.58. The van der Waals surface area contributed by atoms with E-state index in [1.807, 2.05) is 31.2 Å². The van der Waals surface area contributed by atoms with Gasteiger partial charge in [0.15, 0.2) is 0 Å². The van der Waals surface area contributed by atoms with Crippen LogP contribution in [0.15, 0.2) is 71.9 Å². The quantitative estimate of drug-likeness (QED) is 0.308. The third-order valence-electron chi connectivity index (χ3n) is 7.29. The molecule has 10 heteroatoms. The standard InChI is InChI=1S/C31H28ClFN4O4/c1-18-4-3-5-28(37-17-35-25(16-29(37)38)23-15-21(32)7-9-24(23)33)27-14-20(10-11-34-27)22-8-6-19(13-30(39)41-2)12-26(22)36-31(18)40/h6-12,14-18,28H,3-5,13H2,1-2H3,(H,36,40)/t18-,28+/m1/s1. The molecule has 2 bridgehead atoms. The molecule has 0 saturated heterocycles. The van der Waals surface area contributed by atoms with Crippen molar-refractivity contribution in [2.45, 2.75) is 38.6 Å². The van der Waals surface area contributed by atoms with Crippen molar-refractivity contribution < 1.29 is 18.7 Å². The molecule has 1 aliphatic heterocycles. The minimum atomic E-state index is -0.528. The number of anilines is 1. The average molecular weight is 575 g/mol. The van der Waals surface area contributed by atoms with E-state index in [4.69, 9.17) is 16.3 Å². The van der Waals surface area contributed by atoms with Crippen molar-refractivity contribution >= 4 is 29.2 Å². The predicted molar refractivity (Wildman–Crippen MR) is 154 cm³/mol. The van der Waals surface area contributed by atoms with E-state index in [9.17, 15) is 18.8 Å². The molecule has 1 aliphatic rings. The number of hydrogen-bond acceptors (Lipinski definition) is 6. The first-order valence-electron chi connectivity index (χ1n) is 13.2. The first-order valence-corrected chi connectivity index (χ1v) is 13.6. The number of rotatable bonds is 4. The normalized spacial score (nSPS) is 17.0. The number of methoxy groups -OCH3 is 1. The van der Waals surface area contributed by atoms with E-state index in [-0.39, 0.29) is 41.0 Å². The van der Waals surface area contributed by atoms with Gasteiger partial charge in [0.2, 0.25) is 5.91 Å². The molecule has 4 aromatic rings. The van der Waals surface area contributed by atoms with E-state index in [0.717, 1.165) is 11.1 Å². The molecule has 0 saturated carbocycles. The van der Waals surface area contributed by atoms with Gasteiger partial charge in [-0.3, -0.25) is 23.9 Å². The van der Waals surface area contributed by atoms with Crippen molar-refractivity contribution in [3.63, 3.8) is 0 Å². The Morgan fingerprint density at radius 2 is 1.90 bits per heavy atom. The van der Waals surface area contributed by atoms with Gasteiger partial charge in [0.25, 0.3) is 5.56 Å². The fourth-order valence-corrected chi connectivity index (χ4v) is 5.18. The van der Waals surface area contributed by atoms with Gasteiger partial charge in [-0.05, 0) is 60.4 Å². The first-order chi connectivity index (χ1) is 19.7. The van der Waals surface area contributed by atoms with Crippen LogP contribution >= 0.6 is 11.6 Å². The lowest BCUT2D eigenvalue weighted by Gasteiger charge is -2.23. The number of amides is 1. The molecule has 2 atom stereocenters. The Labute approximate surface area is 241 Å². The monoisotopic (exact) mass is 574 g/mol. The second-order valence-corrected chi connectivity index (χ2v) is 10.5. The highest BCUT2D eigenvalue weighted by molar-refractivity contribution is 6.30. The van der Waals surface area contributed by atoms with Crippen molar-refractivity contribution in [1.82, 2.24) is 14.5 Å². The lowest BCUT2D eigenvalue weighted by Crippen LogP contribution is -2.27. The summed E-state index contributed by atoms with van der Waals surface area (Å²) < 4.78 is 20.8. The highest BCUT2D eigenvalue weighted by atomic mass is 35.5. The summed E-state index contributed by atoms with van der Waals surface area (Å²) in [5.74, 6) is -1.35. The number of nitrogens with one attached hydrogen (secondary N) is 1. The maximum atomic E-state index is 14.5. The van der Waals surface area contributed by atoms with E-state index in [0.29, 0.717) is 41.2 Å². The van der Waals surface area contributed by atoms with Crippen LogP contribution in [-0.2, 0) is 20.7 Å². The molecule has 0 unspecified atom stereocenters. The summed E-state index contributed by atoms with van der Waals surface area (Å²) in [6, 6.07) is 14.1. The van der Waals surface area contributed by atoms with Gasteiger partial charge in [-0.2, -0.15) is 0 Å². The predicted octanol–water partition coefficient (Wildman–Crippen LogP) is 5.83. The fourth-order valence-electron chi connectivity index (χ4n) is 5.01. The lowest BCUT2D eigenvalue weighted by molar-refractivity contribution is -0.139. The number of pyridine rings is 1. The number of fused-ring (bicyclic) bond motifs is 4. The number of benzene rings is 2. The Hall–Kier alpha value is -4.37. The molecule has 0 spiro atoms. The molecule has 2 aromatic heterocycles. The van der Waals surface area contributed by atoms with Crippen molar-refractivity contribution in [3.05, 3.63) is 99.6 Å². The molecule has 41 heavy (non-hydrogen) atoms. The van der Waals surface area contributed by atoms with Crippen molar-refractivity contribution in [2.24, 2.45) is 5.92 Å². The zero-order valence-corrected chi connectivity index (χ0v) is 23.3. The van der Waals surface area contributed by atoms with E-state index < -0.39 is 11.9 Å². The van der Waals surface area contributed by atoms with Gasteiger partial charge >= 0.3 is 5.97 Å². The summed E-state index contributed by atoms with van der Waals surface area (Å²) in [7, 11) is 1.33. The second kappa shape index (κ2) is 12.0. The molecule has 0 radical (unpaired) electrons. The summed E-state index contributed by atoms with van der Waals surface area (Å²) in [5, 5.41) is 3.37. The van der Waals surface area contributed by atoms with Gasteiger partial charge in [0.1, 0.15) is 5.82 Å². The van der Waals surface area contributed by atoms with Crippen molar-refractivity contribution in [2.75, 3.05) is 12.4 Å². The molecule has 5 rings (SSSR count). The summed E-state index contributed by atoms with van der Waals surface area (Å²) in [6.45, 7) is 1.85. The third kappa shape index (κ3) is 6.20. The zero-order chi connectivity index (χ0) is 29.1. The number of nitrogens with zero attached hydrogens (tertiary/aromatic N) is 3. The van der Waals surface area contributed by atoms with Gasteiger partial charge in [0.05, 0.1) is 37.3 Å². The van der Waals surface area contributed by atoms with E-state index in [1.54, 1.807) is 12.3 Å². The number of hydrogen-bond donors (Lipinski definition) is 1. The van der Waals surface area contributed by atoms with Crippen LogP contribution in [0.3, 0.4) is 0 Å². The van der Waals surface area contributed by atoms with E-state index >= 15 is 0 Å². The Kier molecular flexibility index (Phi) is 8.26. The van der Waals surface area contributed by atoms with Crippen LogP contribution in [0.1, 0.15) is 43.5 Å². The first kappa shape index (κ1) is 28.2. The van der Waals surface area contributed by atoms with Gasteiger partial charge < -0.3 is 10.1 Å². The number of carbonyl (C=O) groups is 2. The Bertz CT molecular complexity index is 1690. The summed E-state index contributed by atoms with van der Waals surface area (Å²) >= 11 is 6.04. The number of ether oxygens (including phenoxy) is 1. The number of halogens is 2. The lowest BCUT2D eigenvalue weighted by atomic mass is 9.94. The summed E-state index contributed by atoms with van der Waals surface area (Å²) in [6.07, 6.45) is 4.89. The molecule has 1 amide bonds. The van der Waals surface area contributed by atoms with Crippen molar-refractivity contribution in [3.8, 4) is 22.4 Å². The SMILES string of the molecule is COC(=O)Cc1ccc2c(c1)NC(=O)[C@H](C)CCC[C@H](n1cnc(-c3cc(Cl)ccc3F)cc1=O)c1cc-2ccn1. The Morgan fingerprint density at radius 1 is 1.07 bits per heavy atom. The van der Waals surface area contributed by atoms with Crippen LogP contribution in [0.2, 0.25) is 5.02 Å². The molecule has 8 nitrogen and oxygen atoms in total. The van der Waals surface area contributed by atoms with Gasteiger partial charge in [0, 0.05) is 40.0 Å². The molecule has 2 aromatic carbocycles. The van der Waals surface area contributed by atoms with Gasteiger partial charge in [-0.15, -0.1) is 0 Å².